The summed E-state index contributed by atoms with van der Waals surface area (Å²) in [7, 11) is 0. The van der Waals surface area contributed by atoms with Gasteiger partial charge in [0.05, 0.1) is 22.0 Å². The van der Waals surface area contributed by atoms with Crippen LogP contribution in [-0.2, 0) is 12.6 Å². The molecule has 1 aromatic heterocycles. The smallest absolute Gasteiger partial charge is 0.370 e. The van der Waals surface area contributed by atoms with Crippen molar-refractivity contribution in [3.05, 3.63) is 63.1 Å². The Labute approximate surface area is 173 Å². The fraction of sp³-hybridized carbons (Fsp3) is 0.250. The fourth-order valence-corrected chi connectivity index (χ4v) is 3.88. The van der Waals surface area contributed by atoms with Gasteiger partial charge in [0.25, 0.3) is 0 Å². The minimum absolute atomic E-state index is 0.312. The first-order valence-corrected chi connectivity index (χ1v) is 10.0. The van der Waals surface area contributed by atoms with Crippen LogP contribution < -0.4 is 5.32 Å². The minimum Gasteiger partial charge on any atom is -0.370 e. The van der Waals surface area contributed by atoms with Gasteiger partial charge in [0, 0.05) is 22.1 Å². The van der Waals surface area contributed by atoms with Gasteiger partial charge in [-0.1, -0.05) is 33.6 Å². The first-order valence-electron chi connectivity index (χ1n) is 8.83. The number of nitrogens with zero attached hydrogens (tertiary/aromatic N) is 2. The van der Waals surface area contributed by atoms with Crippen LogP contribution in [0, 0.1) is 0 Å². The summed E-state index contributed by atoms with van der Waals surface area (Å²) in [6.07, 6.45) is -1.84. The van der Waals surface area contributed by atoms with Crippen molar-refractivity contribution in [2.45, 2.75) is 25.4 Å². The SMILES string of the molecule is FC(F)(F)c1cc(-c2nn(-c3ccc(Br)cc3)c3c2CCCCN3)ccc1Cl. The predicted octanol–water partition coefficient (Wildman–Crippen LogP) is 6.72. The minimum atomic E-state index is -4.52. The first-order chi connectivity index (χ1) is 13.3. The van der Waals surface area contributed by atoms with Gasteiger partial charge in [-0.05, 0) is 55.7 Å². The number of hydrogen-bond acceptors (Lipinski definition) is 2. The number of anilines is 1. The number of alkyl halides is 3. The lowest BCUT2D eigenvalue weighted by Gasteiger charge is -2.10. The molecule has 146 valence electrons. The maximum absolute atomic E-state index is 13.3. The van der Waals surface area contributed by atoms with Gasteiger partial charge in [-0.2, -0.15) is 18.3 Å². The molecule has 1 aliphatic heterocycles. The number of benzene rings is 2. The van der Waals surface area contributed by atoms with E-state index in [9.17, 15) is 13.2 Å². The van der Waals surface area contributed by atoms with E-state index >= 15 is 0 Å². The Bertz CT molecular complexity index is 1010. The highest BCUT2D eigenvalue weighted by atomic mass is 79.9. The molecule has 4 rings (SSSR count). The summed E-state index contributed by atoms with van der Waals surface area (Å²) in [4.78, 5) is 0. The van der Waals surface area contributed by atoms with Crippen molar-refractivity contribution in [2.24, 2.45) is 0 Å². The van der Waals surface area contributed by atoms with E-state index in [-0.39, 0.29) is 5.02 Å². The molecule has 2 heterocycles. The molecule has 1 aliphatic rings. The molecule has 0 unspecified atom stereocenters. The Morgan fingerprint density at radius 2 is 1.82 bits per heavy atom. The normalized spacial score (nSPS) is 14.3. The quantitative estimate of drug-likeness (QED) is 0.450. The summed E-state index contributed by atoms with van der Waals surface area (Å²) in [6, 6.07) is 11.6. The average molecular weight is 471 g/mol. The van der Waals surface area contributed by atoms with Crippen molar-refractivity contribution in [2.75, 3.05) is 11.9 Å². The van der Waals surface area contributed by atoms with Gasteiger partial charge in [0.15, 0.2) is 0 Å². The lowest BCUT2D eigenvalue weighted by molar-refractivity contribution is -0.137. The first kappa shape index (κ1) is 19.3. The van der Waals surface area contributed by atoms with Crippen molar-refractivity contribution in [3.63, 3.8) is 0 Å². The van der Waals surface area contributed by atoms with Crippen molar-refractivity contribution in [1.82, 2.24) is 9.78 Å². The Hall–Kier alpha value is -1.99. The second kappa shape index (κ2) is 7.44. The van der Waals surface area contributed by atoms with Gasteiger partial charge < -0.3 is 5.32 Å². The van der Waals surface area contributed by atoms with Crippen LogP contribution in [0.5, 0.6) is 0 Å². The van der Waals surface area contributed by atoms with E-state index in [1.807, 2.05) is 24.3 Å². The Morgan fingerprint density at radius 3 is 2.54 bits per heavy atom. The predicted molar refractivity (Wildman–Crippen MR) is 108 cm³/mol. The number of halogens is 5. The summed E-state index contributed by atoms with van der Waals surface area (Å²) < 4.78 is 42.7. The Balaban J connectivity index is 1.90. The van der Waals surface area contributed by atoms with Crippen LogP contribution in [-0.4, -0.2) is 16.3 Å². The maximum Gasteiger partial charge on any atom is 0.417 e. The number of aromatic nitrogens is 2. The van der Waals surface area contributed by atoms with E-state index in [0.29, 0.717) is 11.3 Å². The molecule has 8 heteroatoms. The van der Waals surface area contributed by atoms with Gasteiger partial charge in [-0.15, -0.1) is 0 Å². The molecular weight excluding hydrogens is 455 g/mol. The average Bonchev–Trinajstić information content (AvgIpc) is 2.84. The van der Waals surface area contributed by atoms with Gasteiger partial charge >= 0.3 is 6.18 Å². The van der Waals surface area contributed by atoms with Crippen LogP contribution in [0.4, 0.5) is 19.0 Å². The highest BCUT2D eigenvalue weighted by Gasteiger charge is 2.34. The molecule has 0 bridgehead atoms. The van der Waals surface area contributed by atoms with Crippen LogP contribution in [0.1, 0.15) is 24.0 Å². The summed E-state index contributed by atoms with van der Waals surface area (Å²) in [6.45, 7) is 0.795. The summed E-state index contributed by atoms with van der Waals surface area (Å²) in [5.41, 5.74) is 1.88. The number of fused-ring (bicyclic) bond motifs is 1. The molecular formula is C20H16BrClF3N3. The zero-order chi connectivity index (χ0) is 19.9. The molecule has 0 amide bonds. The number of nitrogens with one attached hydrogen (secondary N) is 1. The third-order valence-corrected chi connectivity index (χ3v) is 5.60. The highest BCUT2D eigenvalue weighted by Crippen LogP contribution is 2.39. The molecule has 0 spiro atoms. The summed E-state index contributed by atoms with van der Waals surface area (Å²) in [5, 5.41) is 7.77. The fourth-order valence-electron chi connectivity index (χ4n) is 3.39. The molecule has 2 aromatic carbocycles. The molecule has 0 saturated carbocycles. The van der Waals surface area contributed by atoms with Crippen molar-refractivity contribution < 1.29 is 13.2 Å². The van der Waals surface area contributed by atoms with Crippen LogP contribution in [0.25, 0.3) is 16.9 Å². The van der Waals surface area contributed by atoms with Crippen molar-refractivity contribution >= 4 is 33.3 Å². The van der Waals surface area contributed by atoms with Gasteiger partial charge in [-0.3, -0.25) is 0 Å². The van der Waals surface area contributed by atoms with E-state index in [4.69, 9.17) is 11.6 Å². The molecule has 3 nitrogen and oxygen atoms in total. The molecule has 0 aliphatic carbocycles. The second-order valence-electron chi connectivity index (χ2n) is 6.64. The molecule has 0 fully saturated rings. The largest absolute Gasteiger partial charge is 0.417 e. The van der Waals surface area contributed by atoms with Crippen LogP contribution in [0.3, 0.4) is 0 Å². The lowest BCUT2D eigenvalue weighted by Crippen LogP contribution is -2.07. The van der Waals surface area contributed by atoms with E-state index in [1.54, 1.807) is 10.7 Å². The monoisotopic (exact) mass is 469 g/mol. The molecule has 28 heavy (non-hydrogen) atoms. The van der Waals surface area contributed by atoms with E-state index in [1.165, 1.54) is 6.07 Å². The third-order valence-electron chi connectivity index (χ3n) is 4.75. The van der Waals surface area contributed by atoms with Crippen molar-refractivity contribution in [1.29, 1.82) is 0 Å². The third kappa shape index (κ3) is 3.65. The topological polar surface area (TPSA) is 29.9 Å². The van der Waals surface area contributed by atoms with Gasteiger partial charge in [-0.25, -0.2) is 4.68 Å². The molecule has 0 saturated heterocycles. The standard InChI is InChI=1S/C20H16BrClF3N3/c21-13-5-7-14(8-6-13)28-19-15(3-1-2-10-26-19)18(27-28)12-4-9-17(22)16(11-12)20(23,24)25/h4-9,11,26H,1-3,10H2. The molecule has 0 atom stereocenters. The number of hydrogen-bond donors (Lipinski definition) is 1. The Morgan fingerprint density at radius 1 is 1.07 bits per heavy atom. The molecule has 1 N–H and O–H groups in total. The highest BCUT2D eigenvalue weighted by molar-refractivity contribution is 9.10. The zero-order valence-corrected chi connectivity index (χ0v) is 17.0. The maximum atomic E-state index is 13.3. The van der Waals surface area contributed by atoms with Gasteiger partial charge in [0.2, 0.25) is 0 Å². The molecule has 0 radical (unpaired) electrons. The summed E-state index contributed by atoms with van der Waals surface area (Å²) >= 11 is 9.21. The van der Waals surface area contributed by atoms with Crippen LogP contribution in [0.15, 0.2) is 46.9 Å². The molecule has 3 aromatic rings. The van der Waals surface area contributed by atoms with E-state index in [0.717, 1.165) is 53.4 Å². The van der Waals surface area contributed by atoms with Gasteiger partial charge in [0.1, 0.15) is 5.82 Å². The summed E-state index contributed by atoms with van der Waals surface area (Å²) in [5.74, 6) is 0.832. The Kier molecular flexibility index (Phi) is 5.14. The van der Waals surface area contributed by atoms with Crippen LogP contribution in [0.2, 0.25) is 5.02 Å². The zero-order valence-electron chi connectivity index (χ0n) is 14.7. The second-order valence-corrected chi connectivity index (χ2v) is 7.96. The van der Waals surface area contributed by atoms with Crippen LogP contribution >= 0.6 is 27.5 Å². The van der Waals surface area contributed by atoms with E-state index < -0.39 is 11.7 Å². The van der Waals surface area contributed by atoms with Crippen molar-refractivity contribution in [3.8, 4) is 16.9 Å². The number of rotatable bonds is 2. The van der Waals surface area contributed by atoms with E-state index in [2.05, 4.69) is 26.3 Å². The lowest BCUT2D eigenvalue weighted by atomic mass is 10.0.